The normalized spacial score (nSPS) is 27.3. The molecule has 1 saturated heterocycles. The molecule has 0 amide bonds. The number of hydrogen-bond acceptors (Lipinski definition) is 3. The molecule has 2 aliphatic heterocycles. The molecule has 0 saturated carbocycles. The van der Waals surface area contributed by atoms with E-state index in [1.807, 2.05) is 18.3 Å². The number of nitrogens with zero attached hydrogens (tertiary/aromatic N) is 1. The molecule has 21 heavy (non-hydrogen) atoms. The minimum Gasteiger partial charge on any atom is -0.264 e. The number of benzene rings is 1. The second-order valence-corrected chi connectivity index (χ2v) is 8.46. The van der Waals surface area contributed by atoms with Crippen molar-refractivity contribution in [1.29, 1.82) is 0 Å². The molecule has 1 aromatic carbocycles. The van der Waals surface area contributed by atoms with E-state index in [2.05, 4.69) is 23.2 Å². The number of allylic oxidation sites excluding steroid dienone is 1. The van der Waals surface area contributed by atoms with Gasteiger partial charge < -0.3 is 0 Å². The maximum absolute atomic E-state index is 12.3. The molecule has 108 valence electrons. The lowest BCUT2D eigenvalue weighted by Gasteiger charge is -2.33. The number of aromatic nitrogens is 1. The Bertz CT molecular complexity index is 839. The van der Waals surface area contributed by atoms with Crippen LogP contribution in [0.1, 0.15) is 31.2 Å². The third-order valence-corrected chi connectivity index (χ3v) is 7.29. The van der Waals surface area contributed by atoms with Gasteiger partial charge in [-0.05, 0) is 47.9 Å². The molecule has 2 aromatic rings. The van der Waals surface area contributed by atoms with Crippen molar-refractivity contribution in [3.05, 3.63) is 48.3 Å². The van der Waals surface area contributed by atoms with Crippen molar-refractivity contribution >= 4 is 26.2 Å². The Hall–Kier alpha value is -1.68. The Morgan fingerprint density at radius 1 is 1.10 bits per heavy atom. The van der Waals surface area contributed by atoms with E-state index in [1.54, 1.807) is 6.20 Å². The number of sulfone groups is 1. The van der Waals surface area contributed by atoms with E-state index in [-0.39, 0.29) is 10.5 Å². The molecule has 4 rings (SSSR count). The topological polar surface area (TPSA) is 47.0 Å². The van der Waals surface area contributed by atoms with Crippen LogP contribution < -0.4 is 0 Å². The van der Waals surface area contributed by atoms with Crippen LogP contribution in [0.2, 0.25) is 0 Å². The Morgan fingerprint density at radius 2 is 2.00 bits per heavy atom. The minimum absolute atomic E-state index is 0.176. The van der Waals surface area contributed by atoms with Gasteiger partial charge in [-0.2, -0.15) is 0 Å². The van der Waals surface area contributed by atoms with Crippen LogP contribution in [0.25, 0.3) is 16.3 Å². The highest BCUT2D eigenvalue weighted by Gasteiger charge is 2.40. The molecule has 2 unspecified atom stereocenters. The molecule has 3 nitrogen and oxygen atoms in total. The van der Waals surface area contributed by atoms with Gasteiger partial charge in [0.1, 0.15) is 0 Å². The standard InChI is InChI=1S/C17H17NO2S/c19-21(20)16-2-1-3-17(21)10-15(9-16)12-4-5-14-11-18-7-6-13(14)8-12/h4-9,11,16-17H,1-3,10H2. The molecule has 1 aromatic heterocycles. The highest BCUT2D eigenvalue weighted by atomic mass is 32.2. The van der Waals surface area contributed by atoms with Gasteiger partial charge in [-0.15, -0.1) is 0 Å². The zero-order valence-electron chi connectivity index (χ0n) is 11.7. The van der Waals surface area contributed by atoms with Gasteiger partial charge in [-0.3, -0.25) is 4.98 Å². The van der Waals surface area contributed by atoms with Crippen molar-refractivity contribution in [2.24, 2.45) is 0 Å². The maximum Gasteiger partial charge on any atom is 0.159 e. The zero-order chi connectivity index (χ0) is 14.4. The average molecular weight is 299 g/mol. The van der Waals surface area contributed by atoms with Gasteiger partial charge in [0.25, 0.3) is 0 Å². The minimum atomic E-state index is -2.94. The summed E-state index contributed by atoms with van der Waals surface area (Å²) in [6.07, 6.45) is 8.92. The first-order valence-electron chi connectivity index (χ1n) is 7.42. The van der Waals surface area contributed by atoms with Crippen molar-refractivity contribution in [2.45, 2.75) is 36.2 Å². The molecule has 1 fully saturated rings. The van der Waals surface area contributed by atoms with Crippen molar-refractivity contribution in [3.8, 4) is 0 Å². The van der Waals surface area contributed by atoms with E-state index in [0.29, 0.717) is 6.42 Å². The van der Waals surface area contributed by atoms with E-state index >= 15 is 0 Å². The molecule has 2 atom stereocenters. The lowest BCUT2D eigenvalue weighted by molar-refractivity contribution is 0.518. The lowest BCUT2D eigenvalue weighted by Crippen LogP contribution is -2.38. The van der Waals surface area contributed by atoms with Crippen LogP contribution in [0, 0.1) is 0 Å². The molecule has 4 heteroatoms. The molecular weight excluding hydrogens is 282 g/mol. The lowest BCUT2D eigenvalue weighted by atomic mass is 9.92. The Labute approximate surface area is 124 Å². The zero-order valence-corrected chi connectivity index (χ0v) is 12.5. The van der Waals surface area contributed by atoms with Gasteiger partial charge in [-0.1, -0.05) is 24.6 Å². The molecule has 2 aliphatic rings. The highest BCUT2D eigenvalue weighted by Crippen LogP contribution is 2.39. The van der Waals surface area contributed by atoms with Gasteiger partial charge in [0.2, 0.25) is 0 Å². The number of pyridine rings is 1. The molecular formula is C17H17NO2S. The summed E-state index contributed by atoms with van der Waals surface area (Å²) in [7, 11) is -2.94. The summed E-state index contributed by atoms with van der Waals surface area (Å²) in [4.78, 5) is 4.13. The number of fused-ring (bicyclic) bond motifs is 3. The molecule has 2 bridgehead atoms. The summed E-state index contributed by atoms with van der Waals surface area (Å²) >= 11 is 0. The smallest absolute Gasteiger partial charge is 0.159 e. The van der Waals surface area contributed by atoms with E-state index in [4.69, 9.17) is 0 Å². The fourth-order valence-corrected chi connectivity index (χ4v) is 5.80. The van der Waals surface area contributed by atoms with Gasteiger partial charge in [0.15, 0.2) is 9.84 Å². The van der Waals surface area contributed by atoms with Crippen LogP contribution in [-0.4, -0.2) is 23.9 Å². The summed E-state index contributed by atoms with van der Waals surface area (Å²) in [5.74, 6) is 0. The summed E-state index contributed by atoms with van der Waals surface area (Å²) in [6, 6.07) is 8.30. The van der Waals surface area contributed by atoms with Gasteiger partial charge >= 0.3 is 0 Å². The fourth-order valence-electron chi connectivity index (χ4n) is 3.55. The molecule has 0 spiro atoms. The first kappa shape index (κ1) is 13.0. The monoisotopic (exact) mass is 299 g/mol. The van der Waals surface area contributed by atoms with Gasteiger partial charge in [0.05, 0.1) is 10.5 Å². The number of hydrogen-bond donors (Lipinski definition) is 0. The van der Waals surface area contributed by atoms with Crippen molar-refractivity contribution in [1.82, 2.24) is 4.98 Å². The maximum atomic E-state index is 12.3. The number of rotatable bonds is 1. The first-order valence-corrected chi connectivity index (χ1v) is 9.03. The summed E-state index contributed by atoms with van der Waals surface area (Å²) in [6.45, 7) is 0. The Balaban J connectivity index is 1.80. The second-order valence-electron chi connectivity index (χ2n) is 6.01. The van der Waals surface area contributed by atoms with Crippen LogP contribution in [0.3, 0.4) is 0 Å². The van der Waals surface area contributed by atoms with Crippen LogP contribution in [0.15, 0.2) is 42.7 Å². The van der Waals surface area contributed by atoms with E-state index < -0.39 is 9.84 Å². The van der Waals surface area contributed by atoms with Gasteiger partial charge in [0, 0.05) is 17.8 Å². The van der Waals surface area contributed by atoms with Crippen molar-refractivity contribution in [3.63, 3.8) is 0 Å². The molecule has 3 heterocycles. The highest BCUT2D eigenvalue weighted by molar-refractivity contribution is 7.93. The Kier molecular flexibility index (Phi) is 2.89. The second kappa shape index (κ2) is 4.67. The van der Waals surface area contributed by atoms with Crippen LogP contribution in [0.4, 0.5) is 0 Å². The third-order valence-electron chi connectivity index (χ3n) is 4.75. The van der Waals surface area contributed by atoms with Crippen molar-refractivity contribution < 1.29 is 8.42 Å². The Morgan fingerprint density at radius 3 is 2.86 bits per heavy atom. The molecule has 0 aliphatic carbocycles. The first-order chi connectivity index (χ1) is 10.1. The fraction of sp³-hybridized carbons (Fsp3) is 0.353. The van der Waals surface area contributed by atoms with Crippen molar-refractivity contribution in [2.75, 3.05) is 0 Å². The average Bonchev–Trinajstić information content (AvgIpc) is 2.45. The summed E-state index contributed by atoms with van der Waals surface area (Å²) < 4.78 is 24.7. The van der Waals surface area contributed by atoms with Gasteiger partial charge in [-0.25, -0.2) is 8.42 Å². The SMILES string of the molecule is O=S1(=O)C2C=C(c3ccc4cnccc4c3)CC1CCC2. The van der Waals surface area contributed by atoms with Crippen LogP contribution in [-0.2, 0) is 9.84 Å². The van der Waals surface area contributed by atoms with Crippen LogP contribution in [0.5, 0.6) is 0 Å². The third kappa shape index (κ3) is 2.09. The van der Waals surface area contributed by atoms with E-state index in [0.717, 1.165) is 35.6 Å². The summed E-state index contributed by atoms with van der Waals surface area (Å²) in [5, 5.41) is 1.82. The predicted molar refractivity (Wildman–Crippen MR) is 84.7 cm³/mol. The van der Waals surface area contributed by atoms with Crippen LogP contribution >= 0.6 is 0 Å². The van der Waals surface area contributed by atoms with E-state index in [9.17, 15) is 8.42 Å². The predicted octanol–water partition coefficient (Wildman–Crippen LogP) is 3.36. The summed E-state index contributed by atoms with van der Waals surface area (Å²) in [5.41, 5.74) is 2.35. The largest absolute Gasteiger partial charge is 0.264 e. The van der Waals surface area contributed by atoms with E-state index in [1.165, 1.54) is 5.57 Å². The quantitative estimate of drug-likeness (QED) is 0.811. The molecule has 0 radical (unpaired) electrons. The molecule has 0 N–H and O–H groups in total.